The first-order chi connectivity index (χ1) is 8.97. The smallest absolute Gasteiger partial charge is 0.337 e. The Morgan fingerprint density at radius 2 is 1.84 bits per heavy atom. The lowest BCUT2D eigenvalue weighted by molar-refractivity contribution is 0.0697. The third kappa shape index (κ3) is 3.06. The van der Waals surface area contributed by atoms with Crippen molar-refractivity contribution in [1.82, 2.24) is 0 Å². The van der Waals surface area contributed by atoms with E-state index in [0.29, 0.717) is 5.56 Å². The van der Waals surface area contributed by atoms with Crippen molar-refractivity contribution in [2.45, 2.75) is 16.7 Å². The van der Waals surface area contributed by atoms with Gasteiger partial charge in [-0.3, -0.25) is 0 Å². The third-order valence-electron chi connectivity index (χ3n) is 2.64. The molecule has 0 radical (unpaired) electrons. The van der Waals surface area contributed by atoms with E-state index in [4.69, 9.17) is 10.8 Å². The SMILES string of the molecule is Cc1cc(Sc2ccc(F)cc2)cc(C(=O)O)c1N. The standard InChI is InChI=1S/C14H12FNO2S/c1-8-6-11(7-12(13(8)16)14(17)18)19-10-4-2-9(15)3-5-10/h2-7H,16H2,1H3,(H,17,18). The van der Waals surface area contributed by atoms with Gasteiger partial charge in [-0.25, -0.2) is 9.18 Å². The van der Waals surface area contributed by atoms with Gasteiger partial charge in [-0.05, 0) is 48.9 Å². The predicted octanol–water partition coefficient (Wildman–Crippen LogP) is 3.57. The summed E-state index contributed by atoms with van der Waals surface area (Å²) in [6, 6.07) is 9.36. The lowest BCUT2D eigenvalue weighted by atomic mass is 10.1. The van der Waals surface area contributed by atoms with Gasteiger partial charge in [0.05, 0.1) is 5.56 Å². The fraction of sp³-hybridized carbons (Fsp3) is 0.0714. The summed E-state index contributed by atoms with van der Waals surface area (Å²) < 4.78 is 12.8. The van der Waals surface area contributed by atoms with Crippen molar-refractivity contribution in [2.75, 3.05) is 5.73 Å². The number of hydrogen-bond acceptors (Lipinski definition) is 3. The number of nitrogen functional groups attached to an aromatic ring is 1. The summed E-state index contributed by atoms with van der Waals surface area (Å²) in [5.41, 5.74) is 6.80. The molecule has 2 aromatic carbocycles. The average molecular weight is 277 g/mol. The molecule has 0 aliphatic heterocycles. The summed E-state index contributed by atoms with van der Waals surface area (Å²) in [4.78, 5) is 12.7. The topological polar surface area (TPSA) is 63.3 Å². The Balaban J connectivity index is 2.35. The fourth-order valence-electron chi connectivity index (χ4n) is 1.64. The number of aromatic carboxylic acids is 1. The van der Waals surface area contributed by atoms with Gasteiger partial charge in [-0.2, -0.15) is 0 Å². The van der Waals surface area contributed by atoms with Crippen molar-refractivity contribution < 1.29 is 14.3 Å². The van der Waals surface area contributed by atoms with Gasteiger partial charge in [0.25, 0.3) is 0 Å². The zero-order chi connectivity index (χ0) is 14.0. The molecular formula is C14H12FNO2S. The number of halogens is 1. The van der Waals surface area contributed by atoms with Gasteiger partial charge in [-0.15, -0.1) is 0 Å². The van der Waals surface area contributed by atoms with E-state index in [-0.39, 0.29) is 17.1 Å². The molecule has 0 saturated heterocycles. The maximum Gasteiger partial charge on any atom is 0.337 e. The van der Waals surface area contributed by atoms with Crippen LogP contribution in [0.25, 0.3) is 0 Å². The molecule has 3 nitrogen and oxygen atoms in total. The normalized spacial score (nSPS) is 10.4. The predicted molar refractivity (Wildman–Crippen MR) is 73.1 cm³/mol. The summed E-state index contributed by atoms with van der Waals surface area (Å²) >= 11 is 1.37. The van der Waals surface area contributed by atoms with E-state index >= 15 is 0 Å². The molecular weight excluding hydrogens is 265 g/mol. The molecule has 0 fully saturated rings. The molecule has 19 heavy (non-hydrogen) atoms. The van der Waals surface area contributed by atoms with Gasteiger partial charge in [0.15, 0.2) is 0 Å². The minimum atomic E-state index is -1.05. The van der Waals surface area contributed by atoms with Crippen molar-refractivity contribution in [3.8, 4) is 0 Å². The largest absolute Gasteiger partial charge is 0.478 e. The molecule has 0 spiro atoms. The summed E-state index contributed by atoms with van der Waals surface area (Å²) in [5.74, 6) is -1.36. The Morgan fingerprint density at radius 3 is 2.42 bits per heavy atom. The van der Waals surface area contributed by atoms with Crippen LogP contribution in [0.4, 0.5) is 10.1 Å². The van der Waals surface area contributed by atoms with Crippen molar-refractivity contribution in [2.24, 2.45) is 0 Å². The van der Waals surface area contributed by atoms with Gasteiger partial charge in [0.1, 0.15) is 5.82 Å². The lowest BCUT2D eigenvalue weighted by Gasteiger charge is -2.08. The molecule has 0 bridgehead atoms. The van der Waals surface area contributed by atoms with Crippen LogP contribution in [-0.2, 0) is 0 Å². The molecule has 0 heterocycles. The molecule has 0 aromatic heterocycles. The molecule has 2 rings (SSSR count). The summed E-state index contributed by atoms with van der Waals surface area (Å²) in [6.45, 7) is 1.76. The van der Waals surface area contributed by atoms with E-state index in [1.54, 1.807) is 19.1 Å². The molecule has 0 saturated carbocycles. The Morgan fingerprint density at radius 1 is 1.21 bits per heavy atom. The number of anilines is 1. The Labute approximate surface area is 114 Å². The van der Waals surface area contributed by atoms with Crippen LogP contribution in [0.2, 0.25) is 0 Å². The van der Waals surface area contributed by atoms with E-state index in [1.165, 1.54) is 30.0 Å². The molecule has 0 unspecified atom stereocenters. The number of carboxylic acid groups (broad SMARTS) is 1. The van der Waals surface area contributed by atoms with Crippen LogP contribution in [0.5, 0.6) is 0 Å². The minimum Gasteiger partial charge on any atom is -0.478 e. The second kappa shape index (κ2) is 5.32. The van der Waals surface area contributed by atoms with Crippen LogP contribution in [0.15, 0.2) is 46.2 Å². The van der Waals surface area contributed by atoms with E-state index in [1.807, 2.05) is 6.07 Å². The van der Waals surface area contributed by atoms with Crippen LogP contribution in [-0.4, -0.2) is 11.1 Å². The quantitative estimate of drug-likeness (QED) is 0.842. The third-order valence-corrected chi connectivity index (χ3v) is 3.62. The molecule has 0 atom stereocenters. The summed E-state index contributed by atoms with van der Waals surface area (Å²) in [5, 5.41) is 9.08. The second-order valence-corrected chi connectivity index (χ2v) is 5.21. The van der Waals surface area contributed by atoms with Gasteiger partial charge in [0.2, 0.25) is 0 Å². The lowest BCUT2D eigenvalue weighted by Crippen LogP contribution is -2.04. The van der Waals surface area contributed by atoms with Gasteiger partial charge in [0, 0.05) is 15.5 Å². The highest BCUT2D eigenvalue weighted by atomic mass is 32.2. The minimum absolute atomic E-state index is 0.0876. The highest BCUT2D eigenvalue weighted by Gasteiger charge is 2.12. The van der Waals surface area contributed by atoms with Crippen molar-refractivity contribution in [3.63, 3.8) is 0 Å². The maximum atomic E-state index is 12.8. The summed E-state index contributed by atoms with van der Waals surface area (Å²) in [7, 11) is 0. The molecule has 0 amide bonds. The highest BCUT2D eigenvalue weighted by molar-refractivity contribution is 7.99. The van der Waals surface area contributed by atoms with Gasteiger partial charge < -0.3 is 10.8 Å². The van der Waals surface area contributed by atoms with Crippen molar-refractivity contribution in [3.05, 3.63) is 53.3 Å². The van der Waals surface area contributed by atoms with E-state index in [2.05, 4.69) is 0 Å². The second-order valence-electron chi connectivity index (χ2n) is 4.06. The zero-order valence-corrected chi connectivity index (χ0v) is 11.0. The number of carbonyl (C=O) groups is 1. The van der Waals surface area contributed by atoms with Gasteiger partial charge in [-0.1, -0.05) is 11.8 Å². The Kier molecular flexibility index (Phi) is 3.76. The number of aryl methyl sites for hydroxylation is 1. The van der Waals surface area contributed by atoms with Crippen LogP contribution in [0, 0.1) is 12.7 Å². The molecule has 98 valence electrons. The van der Waals surface area contributed by atoms with Crippen LogP contribution < -0.4 is 5.73 Å². The van der Waals surface area contributed by atoms with Crippen LogP contribution in [0.1, 0.15) is 15.9 Å². The molecule has 0 aliphatic rings. The number of hydrogen-bond donors (Lipinski definition) is 2. The monoisotopic (exact) mass is 277 g/mol. The number of benzene rings is 2. The van der Waals surface area contributed by atoms with E-state index in [0.717, 1.165) is 9.79 Å². The maximum absolute atomic E-state index is 12.8. The fourth-order valence-corrected chi connectivity index (χ4v) is 2.60. The zero-order valence-electron chi connectivity index (χ0n) is 10.2. The van der Waals surface area contributed by atoms with Crippen molar-refractivity contribution in [1.29, 1.82) is 0 Å². The Hall–Kier alpha value is -2.01. The Bertz CT molecular complexity index is 626. The van der Waals surface area contributed by atoms with Crippen LogP contribution in [0.3, 0.4) is 0 Å². The molecule has 0 aliphatic carbocycles. The number of carboxylic acids is 1. The molecule has 5 heteroatoms. The first-order valence-corrected chi connectivity index (χ1v) is 6.36. The summed E-state index contributed by atoms with van der Waals surface area (Å²) in [6.07, 6.45) is 0. The highest BCUT2D eigenvalue weighted by Crippen LogP contribution is 2.31. The first kappa shape index (κ1) is 13.4. The van der Waals surface area contributed by atoms with Crippen molar-refractivity contribution >= 4 is 23.4 Å². The average Bonchev–Trinajstić information content (AvgIpc) is 2.36. The first-order valence-electron chi connectivity index (χ1n) is 5.54. The number of rotatable bonds is 3. The van der Waals surface area contributed by atoms with Crippen LogP contribution >= 0.6 is 11.8 Å². The van der Waals surface area contributed by atoms with E-state index < -0.39 is 5.97 Å². The number of nitrogens with two attached hydrogens (primary N) is 1. The van der Waals surface area contributed by atoms with Gasteiger partial charge >= 0.3 is 5.97 Å². The molecule has 3 N–H and O–H groups in total. The van der Waals surface area contributed by atoms with E-state index in [9.17, 15) is 9.18 Å². The molecule has 2 aromatic rings.